The minimum Gasteiger partial charge on any atom is -0.345 e. The fourth-order valence-corrected chi connectivity index (χ4v) is 5.08. The smallest absolute Gasteiger partial charge is 0.239 e. The van der Waals surface area contributed by atoms with E-state index in [-0.39, 0.29) is 17.3 Å². The fraction of sp³-hybridized carbons (Fsp3) is 0.333. The maximum atomic E-state index is 13.4. The number of carbonyl (C=O) groups is 1. The summed E-state index contributed by atoms with van der Waals surface area (Å²) in [4.78, 5) is 24.0. The first kappa shape index (κ1) is 21.2. The number of nitrogens with zero attached hydrogens (tertiary/aromatic N) is 3. The lowest BCUT2D eigenvalue weighted by molar-refractivity contribution is -0.131. The quantitative estimate of drug-likeness (QED) is 0.637. The number of benzene rings is 1. The molecule has 6 nitrogen and oxygen atoms in total. The Labute approximate surface area is 186 Å². The Bertz CT molecular complexity index is 1120. The topological polar surface area (TPSA) is 82.0 Å². The summed E-state index contributed by atoms with van der Waals surface area (Å²) in [6.45, 7) is 8.53. The van der Waals surface area contributed by atoms with Gasteiger partial charge in [0.05, 0.1) is 11.5 Å². The van der Waals surface area contributed by atoms with E-state index in [2.05, 4.69) is 54.3 Å². The first-order valence-electron chi connectivity index (χ1n) is 10.2. The van der Waals surface area contributed by atoms with Crippen LogP contribution in [-0.4, -0.2) is 33.8 Å². The lowest BCUT2D eigenvalue weighted by atomic mass is 9.76. The molecule has 1 aliphatic rings. The normalized spacial score (nSPS) is 21.8. The van der Waals surface area contributed by atoms with Gasteiger partial charge in [-0.25, -0.2) is 9.97 Å². The number of aromatic nitrogens is 2. The third-order valence-electron chi connectivity index (χ3n) is 5.98. The molecule has 3 aromatic rings. The van der Waals surface area contributed by atoms with E-state index >= 15 is 0 Å². The molecule has 31 heavy (non-hydrogen) atoms. The lowest BCUT2D eigenvalue weighted by Crippen LogP contribution is -2.62. The van der Waals surface area contributed by atoms with E-state index in [0.717, 1.165) is 21.6 Å². The molecule has 1 saturated heterocycles. The van der Waals surface area contributed by atoms with Gasteiger partial charge >= 0.3 is 0 Å². The van der Waals surface area contributed by atoms with Crippen LogP contribution in [0.3, 0.4) is 0 Å². The minimum atomic E-state index is -0.748. The summed E-state index contributed by atoms with van der Waals surface area (Å²) in [5.41, 5.74) is 3.37. The van der Waals surface area contributed by atoms with Crippen LogP contribution < -0.4 is 5.32 Å². The maximum absolute atomic E-state index is 13.4. The van der Waals surface area contributed by atoms with E-state index in [0.29, 0.717) is 0 Å². The Balaban J connectivity index is 1.79. The number of nitrogens with one attached hydrogen (secondary N) is 2. The number of carbonyl (C=O) groups excluding carboxylic acids is 1. The van der Waals surface area contributed by atoms with Crippen molar-refractivity contribution >= 4 is 23.2 Å². The number of hydrogen-bond donors (Lipinski definition) is 2. The van der Waals surface area contributed by atoms with E-state index in [4.69, 9.17) is 5.41 Å². The van der Waals surface area contributed by atoms with E-state index in [9.17, 15) is 4.79 Å². The number of rotatable bonds is 3. The van der Waals surface area contributed by atoms with Crippen LogP contribution in [0.4, 0.5) is 0 Å². The van der Waals surface area contributed by atoms with E-state index in [1.165, 1.54) is 16.8 Å². The number of amides is 1. The second kappa shape index (κ2) is 7.57. The predicted molar refractivity (Wildman–Crippen MR) is 124 cm³/mol. The number of thiophene rings is 1. The fourth-order valence-electron chi connectivity index (χ4n) is 4.02. The molecular formula is C24H27N5OS. The van der Waals surface area contributed by atoms with Gasteiger partial charge in [-0.05, 0) is 40.5 Å². The molecule has 1 aliphatic heterocycles. The molecule has 0 unspecified atom stereocenters. The molecule has 1 amide bonds. The van der Waals surface area contributed by atoms with E-state index in [1.807, 2.05) is 24.4 Å². The van der Waals surface area contributed by atoms with Crippen molar-refractivity contribution in [3.8, 4) is 11.1 Å². The van der Waals surface area contributed by atoms with Gasteiger partial charge in [0.15, 0.2) is 5.96 Å². The third-order valence-corrected chi connectivity index (χ3v) is 7.15. The largest absolute Gasteiger partial charge is 0.345 e. The van der Waals surface area contributed by atoms with Gasteiger partial charge in [0.1, 0.15) is 6.33 Å². The molecule has 0 saturated carbocycles. The molecule has 1 fully saturated rings. The van der Waals surface area contributed by atoms with Crippen LogP contribution in [0.15, 0.2) is 54.4 Å². The van der Waals surface area contributed by atoms with Crippen molar-refractivity contribution in [3.05, 3.63) is 70.4 Å². The molecule has 160 valence electrons. The number of hydrogen-bond acceptors (Lipinski definition) is 5. The van der Waals surface area contributed by atoms with Crippen molar-refractivity contribution in [1.82, 2.24) is 20.2 Å². The maximum Gasteiger partial charge on any atom is 0.239 e. The van der Waals surface area contributed by atoms with Crippen LogP contribution in [0, 0.1) is 5.41 Å². The van der Waals surface area contributed by atoms with Gasteiger partial charge < -0.3 is 5.32 Å². The van der Waals surface area contributed by atoms with Crippen molar-refractivity contribution in [2.24, 2.45) is 0 Å². The van der Waals surface area contributed by atoms with Crippen molar-refractivity contribution in [3.63, 3.8) is 0 Å². The predicted octanol–water partition coefficient (Wildman–Crippen LogP) is 4.50. The Morgan fingerprint density at radius 3 is 2.39 bits per heavy atom. The standard InChI is InChI=1S/C24H27N5OS/c1-23(2,3)18-8-6-15(7-9-18)20-21(30)29(5)22(25)28-24(20,4)19-10-16(13-31-19)17-11-26-14-27-12-17/h6-14,20H,1-5H3,(H2,25,28)/t20-,24+/m0/s1. The van der Waals surface area contributed by atoms with Crippen LogP contribution >= 0.6 is 11.3 Å². The molecule has 3 heterocycles. The van der Waals surface area contributed by atoms with Crippen LogP contribution in [-0.2, 0) is 15.7 Å². The molecule has 2 aromatic heterocycles. The second-order valence-corrected chi connectivity index (χ2v) is 10.1. The van der Waals surface area contributed by atoms with E-state index in [1.54, 1.807) is 30.8 Å². The van der Waals surface area contributed by atoms with Crippen LogP contribution in [0.2, 0.25) is 0 Å². The first-order chi connectivity index (χ1) is 14.6. The Hall–Kier alpha value is -3.06. The van der Waals surface area contributed by atoms with E-state index < -0.39 is 11.5 Å². The van der Waals surface area contributed by atoms with Crippen molar-refractivity contribution in [1.29, 1.82) is 5.41 Å². The van der Waals surface area contributed by atoms with Crippen LogP contribution in [0.5, 0.6) is 0 Å². The number of guanidine groups is 1. The van der Waals surface area contributed by atoms with Crippen molar-refractivity contribution < 1.29 is 4.79 Å². The monoisotopic (exact) mass is 433 g/mol. The number of likely N-dealkylation sites (N-methyl/N-ethyl adjacent to an activating group) is 1. The lowest BCUT2D eigenvalue weighted by Gasteiger charge is -2.45. The average molecular weight is 434 g/mol. The minimum absolute atomic E-state index is 0.0377. The highest BCUT2D eigenvalue weighted by molar-refractivity contribution is 7.10. The highest BCUT2D eigenvalue weighted by Crippen LogP contribution is 2.44. The zero-order chi connectivity index (χ0) is 22.4. The van der Waals surface area contributed by atoms with Gasteiger partial charge in [-0.15, -0.1) is 11.3 Å². The first-order valence-corrected chi connectivity index (χ1v) is 11.1. The highest BCUT2D eigenvalue weighted by atomic mass is 32.1. The summed E-state index contributed by atoms with van der Waals surface area (Å²) >= 11 is 1.58. The molecular weight excluding hydrogens is 406 g/mol. The molecule has 1 aromatic carbocycles. The van der Waals surface area contributed by atoms with Gasteiger partial charge in [-0.3, -0.25) is 15.1 Å². The Morgan fingerprint density at radius 2 is 1.77 bits per heavy atom. The van der Waals surface area contributed by atoms with Gasteiger partial charge in [0.25, 0.3) is 0 Å². The Morgan fingerprint density at radius 1 is 1.13 bits per heavy atom. The van der Waals surface area contributed by atoms with Gasteiger partial charge in [-0.1, -0.05) is 45.0 Å². The zero-order valence-corrected chi connectivity index (χ0v) is 19.2. The molecule has 4 rings (SSSR count). The van der Waals surface area contributed by atoms with Gasteiger partial charge in [0.2, 0.25) is 5.91 Å². The summed E-state index contributed by atoms with van der Waals surface area (Å²) in [5, 5.41) is 13.7. The molecule has 0 radical (unpaired) electrons. The summed E-state index contributed by atoms with van der Waals surface area (Å²) in [5.74, 6) is -0.444. The van der Waals surface area contributed by atoms with Gasteiger partial charge in [-0.2, -0.15) is 0 Å². The molecule has 2 N–H and O–H groups in total. The third kappa shape index (κ3) is 3.74. The van der Waals surface area contributed by atoms with Crippen LogP contribution in [0.25, 0.3) is 11.1 Å². The van der Waals surface area contributed by atoms with Crippen LogP contribution in [0.1, 0.15) is 49.6 Å². The summed E-state index contributed by atoms with van der Waals surface area (Å²) in [6, 6.07) is 10.4. The van der Waals surface area contributed by atoms with Crippen molar-refractivity contribution in [2.45, 2.75) is 44.6 Å². The van der Waals surface area contributed by atoms with Gasteiger partial charge in [0, 0.05) is 29.9 Å². The Kier molecular flexibility index (Phi) is 5.17. The zero-order valence-electron chi connectivity index (χ0n) is 18.4. The highest BCUT2D eigenvalue weighted by Gasteiger charge is 2.49. The molecule has 2 atom stereocenters. The summed E-state index contributed by atoms with van der Waals surface area (Å²) in [7, 11) is 1.65. The average Bonchev–Trinajstić information content (AvgIpc) is 3.24. The van der Waals surface area contributed by atoms with Crippen molar-refractivity contribution in [2.75, 3.05) is 7.05 Å². The molecule has 0 spiro atoms. The molecule has 0 bridgehead atoms. The molecule has 7 heteroatoms. The molecule has 0 aliphatic carbocycles. The summed E-state index contributed by atoms with van der Waals surface area (Å²) < 4.78 is 0. The SMILES string of the molecule is CN1C(=N)N[C@](C)(c2cc(-c3cncnc3)cs2)[C@@H](c2ccc(C(C)(C)C)cc2)C1=O. The second-order valence-electron chi connectivity index (χ2n) is 9.21. The summed E-state index contributed by atoms with van der Waals surface area (Å²) in [6.07, 6.45) is 5.06.